The van der Waals surface area contributed by atoms with E-state index in [0.29, 0.717) is 19.0 Å². The van der Waals surface area contributed by atoms with Crippen LogP contribution in [0.4, 0.5) is 0 Å². The number of nitrogens with zero attached hydrogens (tertiary/aromatic N) is 2. The van der Waals surface area contributed by atoms with Gasteiger partial charge in [-0.3, -0.25) is 0 Å². The second-order valence-corrected chi connectivity index (χ2v) is 5.60. The van der Waals surface area contributed by atoms with E-state index in [0.717, 1.165) is 24.6 Å². The van der Waals surface area contributed by atoms with Gasteiger partial charge in [-0.05, 0) is 36.9 Å². The average molecular weight is 318 g/mol. The maximum absolute atomic E-state index is 5.41. The van der Waals surface area contributed by atoms with E-state index in [4.69, 9.17) is 4.74 Å². The van der Waals surface area contributed by atoms with E-state index in [1.807, 2.05) is 19.1 Å². The standard InChI is InChI=1S/C16H22N4OS/c1-3-17-16(20-12-14-6-5-9-22-14)19-11-13-7-8-18-15(10-13)21-4-2/h5-10H,3-4,11-12H2,1-2H3,(H2,17,19,20). The van der Waals surface area contributed by atoms with Crippen LogP contribution in [-0.4, -0.2) is 24.1 Å². The molecule has 6 heteroatoms. The van der Waals surface area contributed by atoms with Gasteiger partial charge in [0.25, 0.3) is 0 Å². The van der Waals surface area contributed by atoms with E-state index < -0.39 is 0 Å². The number of hydrogen-bond acceptors (Lipinski definition) is 4. The summed E-state index contributed by atoms with van der Waals surface area (Å²) in [6.07, 6.45) is 1.75. The fourth-order valence-electron chi connectivity index (χ4n) is 1.87. The first kappa shape index (κ1) is 16.3. The van der Waals surface area contributed by atoms with Gasteiger partial charge in [0.1, 0.15) is 0 Å². The van der Waals surface area contributed by atoms with Gasteiger partial charge in [-0.15, -0.1) is 11.3 Å². The molecule has 0 bridgehead atoms. The Bertz CT molecular complexity index is 584. The van der Waals surface area contributed by atoms with Crippen molar-refractivity contribution in [1.82, 2.24) is 15.6 Å². The van der Waals surface area contributed by atoms with Crippen molar-refractivity contribution in [2.45, 2.75) is 26.9 Å². The molecule has 0 aliphatic carbocycles. The van der Waals surface area contributed by atoms with Crippen molar-refractivity contribution in [2.24, 2.45) is 4.99 Å². The topological polar surface area (TPSA) is 58.5 Å². The fraction of sp³-hybridized carbons (Fsp3) is 0.375. The first-order valence-corrected chi connectivity index (χ1v) is 8.32. The van der Waals surface area contributed by atoms with Gasteiger partial charge >= 0.3 is 0 Å². The Hall–Kier alpha value is -2.08. The molecule has 2 aromatic rings. The number of aromatic nitrogens is 1. The smallest absolute Gasteiger partial charge is 0.213 e. The molecule has 0 saturated carbocycles. The van der Waals surface area contributed by atoms with Crippen molar-refractivity contribution in [2.75, 3.05) is 13.2 Å². The molecule has 0 aromatic carbocycles. The Kier molecular flexibility index (Phi) is 6.70. The molecule has 2 heterocycles. The Balaban J connectivity index is 1.95. The van der Waals surface area contributed by atoms with Crippen molar-refractivity contribution >= 4 is 17.3 Å². The number of ether oxygens (including phenoxy) is 1. The minimum Gasteiger partial charge on any atom is -0.478 e. The van der Waals surface area contributed by atoms with E-state index in [1.54, 1.807) is 17.5 Å². The molecule has 0 spiro atoms. The van der Waals surface area contributed by atoms with Crippen LogP contribution in [0.15, 0.2) is 40.8 Å². The van der Waals surface area contributed by atoms with Gasteiger partial charge in [-0.2, -0.15) is 0 Å². The molecule has 0 aliphatic rings. The minimum atomic E-state index is 0.586. The molecule has 22 heavy (non-hydrogen) atoms. The SMILES string of the molecule is CCNC(=NCc1ccnc(OCC)c1)NCc1cccs1. The van der Waals surface area contributed by atoms with Gasteiger partial charge in [0.05, 0.1) is 19.7 Å². The zero-order valence-corrected chi connectivity index (χ0v) is 13.8. The molecular weight excluding hydrogens is 296 g/mol. The quantitative estimate of drug-likeness (QED) is 0.609. The predicted octanol–water partition coefficient (Wildman–Crippen LogP) is 2.80. The molecule has 0 unspecified atom stereocenters. The van der Waals surface area contributed by atoms with E-state index in [9.17, 15) is 0 Å². The normalized spacial score (nSPS) is 11.3. The molecular formula is C16H22N4OS. The van der Waals surface area contributed by atoms with Crippen LogP contribution in [-0.2, 0) is 13.1 Å². The molecule has 2 rings (SSSR count). The van der Waals surface area contributed by atoms with Gasteiger partial charge in [-0.25, -0.2) is 9.98 Å². The molecule has 2 N–H and O–H groups in total. The van der Waals surface area contributed by atoms with Crippen LogP contribution in [0.1, 0.15) is 24.3 Å². The maximum Gasteiger partial charge on any atom is 0.213 e. The van der Waals surface area contributed by atoms with Crippen LogP contribution in [0.2, 0.25) is 0 Å². The van der Waals surface area contributed by atoms with Gasteiger partial charge in [0.15, 0.2) is 5.96 Å². The summed E-state index contributed by atoms with van der Waals surface area (Å²) < 4.78 is 5.41. The number of aliphatic imine (C=N–C) groups is 1. The lowest BCUT2D eigenvalue weighted by atomic mass is 10.3. The summed E-state index contributed by atoms with van der Waals surface area (Å²) >= 11 is 1.73. The van der Waals surface area contributed by atoms with Crippen LogP contribution in [0.5, 0.6) is 5.88 Å². The molecule has 2 aromatic heterocycles. The van der Waals surface area contributed by atoms with Crippen LogP contribution in [0, 0.1) is 0 Å². The first-order chi connectivity index (χ1) is 10.8. The molecule has 0 atom stereocenters. The van der Waals surface area contributed by atoms with Gasteiger partial charge in [0.2, 0.25) is 5.88 Å². The van der Waals surface area contributed by atoms with Crippen LogP contribution in [0.25, 0.3) is 0 Å². The molecule has 0 aliphatic heterocycles. The molecule has 0 amide bonds. The molecule has 118 valence electrons. The van der Waals surface area contributed by atoms with Gasteiger partial charge in [0, 0.05) is 23.7 Å². The number of hydrogen-bond donors (Lipinski definition) is 2. The number of guanidine groups is 1. The largest absolute Gasteiger partial charge is 0.478 e. The van der Waals surface area contributed by atoms with Crippen LogP contribution < -0.4 is 15.4 Å². The Morgan fingerprint density at radius 1 is 1.32 bits per heavy atom. The summed E-state index contributed by atoms with van der Waals surface area (Å²) in [4.78, 5) is 10.0. The zero-order chi connectivity index (χ0) is 15.6. The van der Waals surface area contributed by atoms with Crippen molar-refractivity contribution in [3.05, 3.63) is 46.3 Å². The maximum atomic E-state index is 5.41. The second kappa shape index (κ2) is 9.04. The Morgan fingerprint density at radius 2 is 2.23 bits per heavy atom. The molecule has 0 fully saturated rings. The third-order valence-corrected chi connectivity index (χ3v) is 3.74. The fourth-order valence-corrected chi connectivity index (χ4v) is 2.52. The molecule has 0 radical (unpaired) electrons. The van der Waals surface area contributed by atoms with E-state index in [2.05, 4.69) is 45.0 Å². The van der Waals surface area contributed by atoms with Gasteiger partial charge < -0.3 is 15.4 Å². The van der Waals surface area contributed by atoms with E-state index in [-0.39, 0.29) is 0 Å². The summed E-state index contributed by atoms with van der Waals surface area (Å²) in [5.41, 5.74) is 1.08. The summed E-state index contributed by atoms with van der Waals surface area (Å²) in [5, 5.41) is 8.66. The van der Waals surface area contributed by atoms with Gasteiger partial charge in [-0.1, -0.05) is 6.07 Å². The minimum absolute atomic E-state index is 0.586. The summed E-state index contributed by atoms with van der Waals surface area (Å²) in [5.74, 6) is 1.46. The highest BCUT2D eigenvalue weighted by Gasteiger charge is 2.01. The van der Waals surface area contributed by atoms with Crippen molar-refractivity contribution in [3.63, 3.8) is 0 Å². The van der Waals surface area contributed by atoms with Crippen molar-refractivity contribution < 1.29 is 4.74 Å². The lowest BCUT2D eigenvalue weighted by molar-refractivity contribution is 0.326. The Labute approximate surface area is 135 Å². The van der Waals surface area contributed by atoms with Crippen LogP contribution >= 0.6 is 11.3 Å². The summed E-state index contributed by atoms with van der Waals surface area (Å²) in [6, 6.07) is 8.04. The third kappa shape index (κ3) is 5.37. The number of pyridine rings is 1. The number of thiophene rings is 1. The van der Waals surface area contributed by atoms with E-state index >= 15 is 0 Å². The highest BCUT2D eigenvalue weighted by atomic mass is 32.1. The number of rotatable bonds is 7. The lowest BCUT2D eigenvalue weighted by Crippen LogP contribution is -2.36. The molecule has 5 nitrogen and oxygen atoms in total. The van der Waals surface area contributed by atoms with Crippen molar-refractivity contribution in [1.29, 1.82) is 0 Å². The lowest BCUT2D eigenvalue weighted by Gasteiger charge is -2.10. The Morgan fingerprint density at radius 3 is 2.95 bits per heavy atom. The van der Waals surface area contributed by atoms with Crippen molar-refractivity contribution in [3.8, 4) is 5.88 Å². The second-order valence-electron chi connectivity index (χ2n) is 4.56. The van der Waals surface area contributed by atoms with E-state index in [1.165, 1.54) is 4.88 Å². The highest BCUT2D eigenvalue weighted by Crippen LogP contribution is 2.10. The van der Waals surface area contributed by atoms with Crippen LogP contribution in [0.3, 0.4) is 0 Å². The third-order valence-electron chi connectivity index (χ3n) is 2.87. The number of nitrogens with one attached hydrogen (secondary N) is 2. The highest BCUT2D eigenvalue weighted by molar-refractivity contribution is 7.09. The summed E-state index contributed by atoms with van der Waals surface area (Å²) in [7, 11) is 0. The zero-order valence-electron chi connectivity index (χ0n) is 13.0. The molecule has 0 saturated heterocycles. The first-order valence-electron chi connectivity index (χ1n) is 7.44. The average Bonchev–Trinajstić information content (AvgIpc) is 3.04. The monoisotopic (exact) mass is 318 g/mol. The summed E-state index contributed by atoms with van der Waals surface area (Å²) in [6.45, 7) is 6.82. The predicted molar refractivity (Wildman–Crippen MR) is 91.4 cm³/mol.